The Morgan fingerprint density at radius 1 is 0.824 bits per heavy atom. The molecule has 2 aromatic heterocycles. The van der Waals surface area contributed by atoms with Gasteiger partial charge in [0.15, 0.2) is 11.5 Å². The van der Waals surface area contributed by atoms with E-state index in [1.165, 1.54) is 16.7 Å². The molecule has 0 N–H and O–H groups in total. The number of anilines is 1. The number of nitrogens with zero attached hydrogens (tertiary/aromatic N) is 5. The highest BCUT2D eigenvalue weighted by Gasteiger charge is 2.25. The molecule has 5 nitrogen and oxygen atoms in total. The second kappa shape index (κ2) is 8.56. The molecule has 1 fully saturated rings. The van der Waals surface area contributed by atoms with Gasteiger partial charge in [-0.05, 0) is 62.8 Å². The Kier molecular flexibility index (Phi) is 5.25. The van der Waals surface area contributed by atoms with E-state index < -0.39 is 0 Å². The second-order valence-corrected chi connectivity index (χ2v) is 9.60. The standard InChI is InChI=1S/C29H29N5/c1-20-7-6-10-24(17-20)27-31-32-28-25-18-21(2)11-12-26(25)30-29(34(27)28)33-15-13-23(14-16-33)19-22-8-4-3-5-9-22/h3-12,17-18,23H,13-16,19H2,1-2H3. The smallest absolute Gasteiger partial charge is 0.213 e. The third kappa shape index (κ3) is 3.81. The Balaban J connectivity index is 1.41. The van der Waals surface area contributed by atoms with Crippen molar-refractivity contribution in [1.82, 2.24) is 19.6 Å². The van der Waals surface area contributed by atoms with Crippen molar-refractivity contribution in [2.45, 2.75) is 33.1 Å². The molecule has 0 radical (unpaired) electrons. The highest BCUT2D eigenvalue weighted by molar-refractivity contribution is 5.94. The van der Waals surface area contributed by atoms with Gasteiger partial charge >= 0.3 is 0 Å². The van der Waals surface area contributed by atoms with Crippen molar-refractivity contribution >= 4 is 22.5 Å². The Hall–Kier alpha value is -3.73. The van der Waals surface area contributed by atoms with E-state index in [0.717, 1.165) is 66.2 Å². The van der Waals surface area contributed by atoms with Gasteiger partial charge in [0.1, 0.15) is 0 Å². The number of piperidine rings is 1. The van der Waals surface area contributed by atoms with Crippen LogP contribution in [-0.4, -0.2) is 32.7 Å². The monoisotopic (exact) mass is 447 g/mol. The van der Waals surface area contributed by atoms with E-state index >= 15 is 0 Å². The minimum Gasteiger partial charge on any atom is -0.342 e. The fraction of sp³-hybridized carbons (Fsp3) is 0.276. The van der Waals surface area contributed by atoms with Crippen molar-refractivity contribution in [2.24, 2.45) is 5.92 Å². The van der Waals surface area contributed by atoms with Gasteiger partial charge in [-0.25, -0.2) is 9.38 Å². The van der Waals surface area contributed by atoms with E-state index in [4.69, 9.17) is 4.98 Å². The SMILES string of the molecule is Cc1cccc(-c2nnc3c4cc(C)ccc4nc(N4CCC(Cc5ccccc5)CC4)n23)c1. The summed E-state index contributed by atoms with van der Waals surface area (Å²) in [7, 11) is 0. The molecule has 0 amide bonds. The van der Waals surface area contributed by atoms with Crippen molar-refractivity contribution in [3.63, 3.8) is 0 Å². The first-order chi connectivity index (χ1) is 16.7. The lowest BCUT2D eigenvalue weighted by molar-refractivity contribution is 0.400. The van der Waals surface area contributed by atoms with E-state index in [2.05, 4.69) is 106 Å². The van der Waals surface area contributed by atoms with Gasteiger partial charge in [0.05, 0.1) is 5.52 Å². The molecule has 5 aromatic rings. The van der Waals surface area contributed by atoms with Crippen LogP contribution in [0.25, 0.3) is 27.9 Å². The van der Waals surface area contributed by atoms with Gasteiger partial charge in [-0.2, -0.15) is 0 Å². The highest BCUT2D eigenvalue weighted by atomic mass is 15.4. The predicted molar refractivity (Wildman–Crippen MR) is 138 cm³/mol. The summed E-state index contributed by atoms with van der Waals surface area (Å²) in [6.45, 7) is 6.20. The number of fused-ring (bicyclic) bond motifs is 3. The number of aromatic nitrogens is 4. The fourth-order valence-corrected chi connectivity index (χ4v) is 5.20. The van der Waals surface area contributed by atoms with Gasteiger partial charge in [0.2, 0.25) is 5.95 Å². The van der Waals surface area contributed by atoms with Gasteiger partial charge in [-0.3, -0.25) is 0 Å². The lowest BCUT2D eigenvalue weighted by Gasteiger charge is -2.33. The molecular weight excluding hydrogens is 418 g/mol. The molecule has 0 saturated carbocycles. The zero-order valence-corrected chi connectivity index (χ0v) is 19.8. The number of hydrogen-bond acceptors (Lipinski definition) is 4. The van der Waals surface area contributed by atoms with Crippen molar-refractivity contribution < 1.29 is 0 Å². The van der Waals surface area contributed by atoms with Crippen LogP contribution in [0.1, 0.15) is 29.5 Å². The van der Waals surface area contributed by atoms with Crippen LogP contribution < -0.4 is 4.90 Å². The molecular formula is C29H29N5. The van der Waals surface area contributed by atoms with Crippen LogP contribution in [0, 0.1) is 19.8 Å². The third-order valence-corrected chi connectivity index (χ3v) is 7.02. The maximum atomic E-state index is 5.17. The molecule has 0 aliphatic carbocycles. The number of aryl methyl sites for hydroxylation is 2. The normalized spacial score (nSPS) is 14.8. The largest absolute Gasteiger partial charge is 0.342 e. The van der Waals surface area contributed by atoms with Crippen LogP contribution in [-0.2, 0) is 6.42 Å². The van der Waals surface area contributed by atoms with Crippen LogP contribution in [0.5, 0.6) is 0 Å². The molecule has 1 aliphatic heterocycles. The van der Waals surface area contributed by atoms with Gasteiger partial charge in [0, 0.05) is 24.0 Å². The molecule has 0 spiro atoms. The van der Waals surface area contributed by atoms with Crippen molar-refractivity contribution in [1.29, 1.82) is 0 Å². The Morgan fingerprint density at radius 2 is 1.62 bits per heavy atom. The molecule has 0 atom stereocenters. The average Bonchev–Trinajstić information content (AvgIpc) is 3.31. The van der Waals surface area contributed by atoms with E-state index in [9.17, 15) is 0 Å². The van der Waals surface area contributed by atoms with Crippen LogP contribution in [0.2, 0.25) is 0 Å². The predicted octanol–water partition coefficient (Wildman–Crippen LogP) is 6.02. The summed E-state index contributed by atoms with van der Waals surface area (Å²) in [5, 5.41) is 10.4. The maximum Gasteiger partial charge on any atom is 0.213 e. The molecule has 0 unspecified atom stereocenters. The number of hydrogen-bond donors (Lipinski definition) is 0. The molecule has 6 rings (SSSR count). The zero-order chi connectivity index (χ0) is 23.1. The molecule has 5 heteroatoms. The lowest BCUT2D eigenvalue weighted by Crippen LogP contribution is -2.36. The molecule has 34 heavy (non-hydrogen) atoms. The van der Waals surface area contributed by atoms with Gasteiger partial charge in [-0.1, -0.05) is 65.7 Å². The summed E-state index contributed by atoms with van der Waals surface area (Å²) in [5.74, 6) is 2.51. The van der Waals surface area contributed by atoms with Crippen molar-refractivity contribution in [3.05, 3.63) is 89.5 Å². The minimum absolute atomic E-state index is 0.703. The summed E-state index contributed by atoms with van der Waals surface area (Å²) < 4.78 is 2.17. The highest BCUT2D eigenvalue weighted by Crippen LogP contribution is 2.32. The quantitative estimate of drug-likeness (QED) is 0.338. The lowest BCUT2D eigenvalue weighted by atomic mass is 9.90. The molecule has 0 bridgehead atoms. The van der Waals surface area contributed by atoms with Crippen LogP contribution in [0.4, 0.5) is 5.95 Å². The summed E-state index contributed by atoms with van der Waals surface area (Å²) >= 11 is 0. The van der Waals surface area contributed by atoms with E-state index in [-0.39, 0.29) is 0 Å². The summed E-state index contributed by atoms with van der Waals surface area (Å²) in [4.78, 5) is 7.59. The summed E-state index contributed by atoms with van der Waals surface area (Å²) in [6, 6.07) is 25.7. The first-order valence-electron chi connectivity index (χ1n) is 12.2. The Bertz CT molecular complexity index is 1460. The third-order valence-electron chi connectivity index (χ3n) is 7.02. The average molecular weight is 448 g/mol. The van der Waals surface area contributed by atoms with Crippen LogP contribution >= 0.6 is 0 Å². The molecule has 3 heterocycles. The Morgan fingerprint density at radius 3 is 2.41 bits per heavy atom. The van der Waals surface area contributed by atoms with E-state index in [0.29, 0.717) is 5.92 Å². The van der Waals surface area contributed by atoms with Gasteiger partial charge < -0.3 is 4.90 Å². The maximum absolute atomic E-state index is 5.17. The molecule has 1 saturated heterocycles. The van der Waals surface area contributed by atoms with Gasteiger partial charge in [-0.15, -0.1) is 10.2 Å². The molecule has 3 aromatic carbocycles. The first-order valence-corrected chi connectivity index (χ1v) is 12.2. The van der Waals surface area contributed by atoms with Crippen LogP contribution in [0.15, 0.2) is 72.8 Å². The number of rotatable bonds is 4. The summed E-state index contributed by atoms with van der Waals surface area (Å²) in [5.41, 5.74) is 6.77. The molecule has 170 valence electrons. The van der Waals surface area contributed by atoms with E-state index in [1.807, 2.05) is 0 Å². The zero-order valence-electron chi connectivity index (χ0n) is 19.8. The second-order valence-electron chi connectivity index (χ2n) is 9.60. The van der Waals surface area contributed by atoms with Gasteiger partial charge in [0.25, 0.3) is 0 Å². The first kappa shape index (κ1) is 20.8. The van der Waals surface area contributed by atoms with Crippen LogP contribution in [0.3, 0.4) is 0 Å². The Labute approximate surface area is 200 Å². The molecule has 1 aliphatic rings. The minimum atomic E-state index is 0.703. The van der Waals surface area contributed by atoms with Crippen molar-refractivity contribution in [2.75, 3.05) is 18.0 Å². The fourth-order valence-electron chi connectivity index (χ4n) is 5.20. The van der Waals surface area contributed by atoms with E-state index in [1.54, 1.807) is 0 Å². The van der Waals surface area contributed by atoms with Crippen molar-refractivity contribution in [3.8, 4) is 11.4 Å². The number of benzene rings is 3. The topological polar surface area (TPSA) is 46.3 Å². The summed E-state index contributed by atoms with van der Waals surface area (Å²) in [6.07, 6.45) is 3.47.